The van der Waals surface area contributed by atoms with Crippen LogP contribution < -0.4 is 10.6 Å². The van der Waals surface area contributed by atoms with E-state index >= 15 is 0 Å². The Labute approximate surface area is 263 Å². The molecule has 1 aliphatic heterocycles. The molecule has 0 spiro atoms. The molecule has 8 nitrogen and oxygen atoms in total. The van der Waals surface area contributed by atoms with Crippen molar-refractivity contribution in [2.45, 2.75) is 87.8 Å². The predicted molar refractivity (Wildman–Crippen MR) is 168 cm³/mol. The Morgan fingerprint density at radius 3 is 2.16 bits per heavy atom. The number of carbonyl (C=O) groups excluding carboxylic acids is 1. The molecule has 4 bridgehead atoms. The summed E-state index contributed by atoms with van der Waals surface area (Å²) < 4.78 is 13.2. The average Bonchev–Trinajstić information content (AvgIpc) is 3.03. The van der Waals surface area contributed by atoms with Gasteiger partial charge in [0.2, 0.25) is 0 Å². The molecule has 0 unspecified atom stereocenters. The Morgan fingerprint density at radius 1 is 0.909 bits per heavy atom. The molecule has 2 heterocycles. The fraction of sp³-hybridized carbons (Fsp3) is 0.514. The molecule has 232 valence electrons. The Hall–Kier alpha value is -2.98. The summed E-state index contributed by atoms with van der Waals surface area (Å²) in [5.74, 6) is 3.16. The number of aliphatic hydroxyl groups is 1. The Morgan fingerprint density at radius 2 is 1.52 bits per heavy atom. The van der Waals surface area contributed by atoms with Gasteiger partial charge in [-0.3, -0.25) is 0 Å². The van der Waals surface area contributed by atoms with Crippen LogP contribution in [0.15, 0.2) is 72.1 Å². The van der Waals surface area contributed by atoms with Crippen molar-refractivity contribution in [3.8, 4) is 0 Å². The molecule has 9 heteroatoms. The third kappa shape index (κ3) is 6.52. The number of amides is 2. The molecule has 2 aromatic carbocycles. The third-order valence-electron chi connectivity index (χ3n) is 10.2. The zero-order valence-electron chi connectivity index (χ0n) is 25.2. The van der Waals surface area contributed by atoms with Crippen LogP contribution in [0.3, 0.4) is 0 Å². The summed E-state index contributed by atoms with van der Waals surface area (Å²) in [6.07, 6.45) is 10.2. The van der Waals surface area contributed by atoms with Crippen LogP contribution in [0.2, 0.25) is 0 Å². The van der Waals surface area contributed by atoms with Gasteiger partial charge in [0.25, 0.3) is 0 Å². The lowest BCUT2D eigenvalue weighted by atomic mass is 9.53. The maximum atomic E-state index is 13.0. The van der Waals surface area contributed by atoms with E-state index in [0.717, 1.165) is 64.4 Å². The summed E-state index contributed by atoms with van der Waals surface area (Å²) in [5.41, 5.74) is 3.89. The lowest BCUT2D eigenvalue weighted by Crippen LogP contribution is -2.61. The van der Waals surface area contributed by atoms with E-state index in [9.17, 15) is 9.90 Å². The molecule has 1 saturated heterocycles. The van der Waals surface area contributed by atoms with Crippen molar-refractivity contribution in [1.29, 1.82) is 0 Å². The quantitative estimate of drug-likeness (QED) is 0.191. The number of ether oxygens (including phenoxy) is 2. The maximum absolute atomic E-state index is 13.0. The number of nitrogens with zero attached hydrogens (tertiary/aromatic N) is 2. The van der Waals surface area contributed by atoms with Crippen molar-refractivity contribution in [3.05, 3.63) is 89.2 Å². The van der Waals surface area contributed by atoms with Crippen LogP contribution in [0.25, 0.3) is 0 Å². The van der Waals surface area contributed by atoms with E-state index in [1.807, 2.05) is 54.6 Å². The van der Waals surface area contributed by atoms with Crippen molar-refractivity contribution in [1.82, 2.24) is 20.6 Å². The van der Waals surface area contributed by atoms with Crippen LogP contribution in [0.1, 0.15) is 80.1 Å². The molecule has 0 radical (unpaired) electrons. The third-order valence-corrected chi connectivity index (χ3v) is 11.1. The summed E-state index contributed by atoms with van der Waals surface area (Å²) in [4.78, 5) is 21.7. The minimum absolute atomic E-state index is 0.00586. The summed E-state index contributed by atoms with van der Waals surface area (Å²) in [6.45, 7) is 2.63. The van der Waals surface area contributed by atoms with Crippen LogP contribution in [0.4, 0.5) is 4.79 Å². The zero-order valence-corrected chi connectivity index (χ0v) is 26.0. The van der Waals surface area contributed by atoms with E-state index in [1.165, 1.54) is 19.3 Å². The first-order valence-electron chi connectivity index (χ1n) is 16.0. The second kappa shape index (κ2) is 12.8. The number of thioether (sulfide) groups is 1. The monoisotopic (exact) mass is 614 g/mol. The second-order valence-electron chi connectivity index (χ2n) is 13.4. The van der Waals surface area contributed by atoms with Crippen molar-refractivity contribution in [2.24, 2.45) is 23.7 Å². The number of carbonyl (C=O) groups is 1. The summed E-state index contributed by atoms with van der Waals surface area (Å²) in [5, 5.41) is 16.8. The molecule has 2 amide bonds. The number of benzene rings is 2. The van der Waals surface area contributed by atoms with Crippen LogP contribution in [0.5, 0.6) is 0 Å². The fourth-order valence-electron chi connectivity index (χ4n) is 8.35. The van der Waals surface area contributed by atoms with Crippen molar-refractivity contribution in [3.63, 3.8) is 0 Å². The highest BCUT2D eigenvalue weighted by atomic mass is 32.2. The van der Waals surface area contributed by atoms with Gasteiger partial charge >= 0.3 is 6.03 Å². The minimum atomic E-state index is -0.544. The molecular formula is C35H42N4O4S. The molecule has 3 N–H and O–H groups in total. The Kier molecular flexibility index (Phi) is 8.64. The highest BCUT2D eigenvalue weighted by Crippen LogP contribution is 2.55. The van der Waals surface area contributed by atoms with Gasteiger partial charge in [-0.05, 0) is 79.0 Å². The van der Waals surface area contributed by atoms with Gasteiger partial charge in [-0.2, -0.15) is 0 Å². The number of rotatable bonds is 9. The minimum Gasteiger partial charge on any atom is -0.392 e. The number of hydrogen-bond donors (Lipinski definition) is 3. The molecule has 3 aromatic rings. The van der Waals surface area contributed by atoms with E-state index < -0.39 is 6.29 Å². The molecule has 8 rings (SSSR count). The zero-order chi connectivity index (χ0) is 30.1. The van der Waals surface area contributed by atoms with E-state index in [4.69, 9.17) is 9.47 Å². The number of urea groups is 1. The van der Waals surface area contributed by atoms with Crippen LogP contribution in [-0.2, 0) is 22.6 Å². The van der Waals surface area contributed by atoms with E-state index in [2.05, 4.69) is 27.5 Å². The van der Waals surface area contributed by atoms with Crippen LogP contribution in [-0.4, -0.2) is 38.5 Å². The van der Waals surface area contributed by atoms with E-state index in [1.54, 1.807) is 24.2 Å². The SMILES string of the molecule is C[C@@H]1[C@H](CSc2ncccn2)O[C@H](c2ccc(CNC(=O)NC34CC5CC(CC(C5)C3)C4)cc2)O[C@@H]1c1ccc(CO)cc1. The van der Waals surface area contributed by atoms with Crippen molar-refractivity contribution < 1.29 is 19.4 Å². The lowest BCUT2D eigenvalue weighted by Gasteiger charge is -2.56. The molecular weight excluding hydrogens is 572 g/mol. The Balaban J connectivity index is 1.00. The van der Waals surface area contributed by atoms with Crippen molar-refractivity contribution in [2.75, 3.05) is 5.75 Å². The smallest absolute Gasteiger partial charge is 0.315 e. The normalized spacial score (nSPS) is 32.4. The molecule has 4 atom stereocenters. The van der Waals surface area contributed by atoms with Gasteiger partial charge in [-0.1, -0.05) is 67.2 Å². The van der Waals surface area contributed by atoms with Crippen LogP contribution >= 0.6 is 11.8 Å². The summed E-state index contributed by atoms with van der Waals surface area (Å²) >= 11 is 1.58. The summed E-state index contributed by atoms with van der Waals surface area (Å²) in [6, 6.07) is 17.9. The highest BCUT2D eigenvalue weighted by molar-refractivity contribution is 7.99. The van der Waals surface area contributed by atoms with E-state index in [0.29, 0.717) is 12.3 Å². The maximum Gasteiger partial charge on any atom is 0.315 e. The molecule has 1 aromatic heterocycles. The molecule has 4 saturated carbocycles. The van der Waals surface area contributed by atoms with Gasteiger partial charge in [0.05, 0.1) is 18.8 Å². The lowest BCUT2D eigenvalue weighted by molar-refractivity contribution is -0.268. The van der Waals surface area contributed by atoms with Gasteiger partial charge in [0.15, 0.2) is 11.4 Å². The molecule has 4 aliphatic carbocycles. The van der Waals surface area contributed by atoms with Gasteiger partial charge in [-0.25, -0.2) is 14.8 Å². The topological polar surface area (TPSA) is 106 Å². The first-order chi connectivity index (χ1) is 21.4. The first-order valence-corrected chi connectivity index (χ1v) is 17.0. The van der Waals surface area contributed by atoms with E-state index in [-0.39, 0.29) is 36.3 Å². The molecule has 5 aliphatic rings. The highest BCUT2D eigenvalue weighted by Gasteiger charge is 2.51. The molecule has 44 heavy (non-hydrogen) atoms. The fourth-order valence-corrected chi connectivity index (χ4v) is 9.32. The summed E-state index contributed by atoms with van der Waals surface area (Å²) in [7, 11) is 0. The van der Waals surface area contributed by atoms with Crippen LogP contribution in [0, 0.1) is 23.7 Å². The van der Waals surface area contributed by atoms with Gasteiger partial charge in [0.1, 0.15) is 0 Å². The van der Waals surface area contributed by atoms with Crippen molar-refractivity contribution >= 4 is 17.8 Å². The number of hydrogen-bond acceptors (Lipinski definition) is 7. The first kappa shape index (κ1) is 29.7. The predicted octanol–water partition coefficient (Wildman–Crippen LogP) is 6.32. The Bertz CT molecular complexity index is 1390. The van der Waals surface area contributed by atoms with Gasteiger partial charge < -0.3 is 25.2 Å². The number of aliphatic hydroxyl groups excluding tert-OH is 1. The standard InChI is InChI=1S/C35H42N4O4S/c1-22-30(21-44-34-36-11-2-12-37-34)42-32(43-31(22)28-7-5-24(20-40)6-8-28)29-9-3-23(4-10-29)19-38-33(41)39-35-16-25-13-26(17-35)15-27(14-25)18-35/h2-12,22,25-27,30-32,40H,13-21H2,1H3,(H2,38,39,41)/t22-,25?,26?,27?,30+,31+,32+,35?/m1/s1. The number of aromatic nitrogens is 2. The largest absolute Gasteiger partial charge is 0.392 e. The van der Waals surface area contributed by atoms with Gasteiger partial charge in [0, 0.05) is 41.7 Å². The second-order valence-corrected chi connectivity index (χ2v) is 14.4. The average molecular weight is 615 g/mol. The molecule has 5 fully saturated rings. The van der Waals surface area contributed by atoms with Gasteiger partial charge in [-0.15, -0.1) is 0 Å². The number of nitrogens with one attached hydrogen (secondary N) is 2.